The van der Waals surface area contributed by atoms with Gasteiger partial charge in [-0.2, -0.15) is 0 Å². The van der Waals surface area contributed by atoms with Crippen LogP contribution in [-0.2, 0) is 6.42 Å². The van der Waals surface area contributed by atoms with Crippen molar-refractivity contribution in [1.82, 2.24) is 9.88 Å². The van der Waals surface area contributed by atoms with Crippen molar-refractivity contribution in [3.63, 3.8) is 0 Å². The largest absolute Gasteiger partial charge is 0.304 e. The van der Waals surface area contributed by atoms with Crippen molar-refractivity contribution in [1.29, 1.82) is 0 Å². The number of pyridine rings is 1. The van der Waals surface area contributed by atoms with Crippen LogP contribution in [0.2, 0.25) is 5.02 Å². The Bertz CT molecular complexity index is 897. The monoisotopic (exact) mass is 550 g/mol. The van der Waals surface area contributed by atoms with Crippen LogP contribution in [0.5, 0.6) is 0 Å². The molecule has 216 valence electrons. The van der Waals surface area contributed by atoms with Gasteiger partial charge in [-0.3, -0.25) is 4.98 Å². The number of aryl methyl sites for hydroxylation is 2. The summed E-state index contributed by atoms with van der Waals surface area (Å²) in [6.45, 7) is 16.2. The molecule has 1 saturated carbocycles. The molecule has 2 fully saturated rings. The molecule has 0 spiro atoms. The van der Waals surface area contributed by atoms with Gasteiger partial charge in [0.1, 0.15) is 0 Å². The van der Waals surface area contributed by atoms with Crippen molar-refractivity contribution in [2.24, 2.45) is 5.92 Å². The average molecular weight is 551 g/mol. The van der Waals surface area contributed by atoms with E-state index < -0.39 is 0 Å². The van der Waals surface area contributed by atoms with E-state index in [1.165, 1.54) is 81.3 Å². The second kappa shape index (κ2) is 24.6. The molecule has 0 radical (unpaired) electrons. The maximum absolute atomic E-state index is 5.64. The molecule has 2 heterocycles. The van der Waals surface area contributed by atoms with E-state index in [2.05, 4.69) is 43.3 Å². The summed E-state index contributed by atoms with van der Waals surface area (Å²) in [5, 5.41) is 0.810. The lowest BCUT2D eigenvalue weighted by atomic mass is 10.1. The van der Waals surface area contributed by atoms with Crippen molar-refractivity contribution in [2.75, 3.05) is 19.6 Å². The van der Waals surface area contributed by atoms with E-state index in [4.69, 9.17) is 11.6 Å². The number of rotatable bonds is 4. The number of benzene rings is 2. The minimum absolute atomic E-state index is 0. The maximum Gasteiger partial charge on any atom is 0.0408 e. The SMILES string of the molecule is C.C=Cc1ccccc1.CCC1CCCC1.CCN1CCCC1.CCc1cccnc1.Cc1cccc(Cl)c1. The highest BCUT2D eigenvalue weighted by Crippen LogP contribution is 2.26. The van der Waals surface area contributed by atoms with Gasteiger partial charge in [-0.15, -0.1) is 0 Å². The third kappa shape index (κ3) is 19.3. The Balaban J connectivity index is 0.000000460. The molecule has 0 atom stereocenters. The highest BCUT2D eigenvalue weighted by Gasteiger charge is 2.11. The predicted molar refractivity (Wildman–Crippen MR) is 177 cm³/mol. The maximum atomic E-state index is 5.64. The first kappa shape index (κ1) is 36.6. The van der Waals surface area contributed by atoms with Gasteiger partial charge in [-0.05, 0) is 86.6 Å². The van der Waals surface area contributed by atoms with Crippen LogP contribution in [0.1, 0.15) is 89.8 Å². The second-order valence-corrected chi connectivity index (χ2v) is 10.3. The van der Waals surface area contributed by atoms with E-state index in [1.54, 1.807) is 6.20 Å². The van der Waals surface area contributed by atoms with Gasteiger partial charge in [-0.1, -0.05) is 133 Å². The fourth-order valence-corrected chi connectivity index (χ4v) is 4.56. The molecule has 1 aromatic heterocycles. The molecule has 3 aromatic rings. The van der Waals surface area contributed by atoms with E-state index in [9.17, 15) is 0 Å². The Morgan fingerprint density at radius 3 is 1.90 bits per heavy atom. The second-order valence-electron chi connectivity index (χ2n) is 9.83. The van der Waals surface area contributed by atoms with Gasteiger partial charge >= 0.3 is 0 Å². The number of hydrogen-bond acceptors (Lipinski definition) is 2. The zero-order valence-electron chi connectivity index (χ0n) is 24.4. The highest BCUT2D eigenvalue weighted by atomic mass is 35.5. The third-order valence-electron chi connectivity index (χ3n) is 6.84. The van der Waals surface area contributed by atoms with Gasteiger partial charge in [0.05, 0.1) is 0 Å². The molecule has 5 rings (SSSR count). The van der Waals surface area contributed by atoms with Crippen molar-refractivity contribution in [3.8, 4) is 0 Å². The highest BCUT2D eigenvalue weighted by molar-refractivity contribution is 6.30. The molecule has 0 N–H and O–H groups in total. The first-order chi connectivity index (χ1) is 18.5. The molecule has 0 bridgehead atoms. The summed E-state index contributed by atoms with van der Waals surface area (Å²) in [7, 11) is 0. The summed E-state index contributed by atoms with van der Waals surface area (Å²) in [4.78, 5) is 6.44. The average Bonchev–Trinajstić information content (AvgIpc) is 3.70. The Hall–Kier alpha value is -2.42. The van der Waals surface area contributed by atoms with Crippen LogP contribution in [0.15, 0.2) is 85.7 Å². The summed E-state index contributed by atoms with van der Waals surface area (Å²) in [6.07, 6.45) is 16.9. The normalized spacial score (nSPS) is 14.0. The van der Waals surface area contributed by atoms with E-state index in [0.717, 1.165) is 17.4 Å². The lowest BCUT2D eigenvalue weighted by Gasteiger charge is -2.08. The molecule has 2 aromatic carbocycles. The van der Waals surface area contributed by atoms with E-state index in [0.29, 0.717) is 0 Å². The minimum Gasteiger partial charge on any atom is -0.304 e. The molecule has 3 heteroatoms. The van der Waals surface area contributed by atoms with E-state index in [-0.39, 0.29) is 7.43 Å². The predicted octanol–water partition coefficient (Wildman–Crippen LogP) is 10.9. The van der Waals surface area contributed by atoms with Crippen molar-refractivity contribution in [2.45, 2.75) is 86.5 Å². The van der Waals surface area contributed by atoms with Crippen LogP contribution in [-0.4, -0.2) is 29.5 Å². The van der Waals surface area contributed by atoms with Gasteiger partial charge in [0.15, 0.2) is 0 Å². The Morgan fingerprint density at radius 1 is 0.897 bits per heavy atom. The number of likely N-dealkylation sites (tertiary alicyclic amines) is 1. The number of hydrogen-bond donors (Lipinski definition) is 0. The van der Waals surface area contributed by atoms with Crippen LogP contribution < -0.4 is 0 Å². The van der Waals surface area contributed by atoms with Crippen molar-refractivity contribution >= 4 is 17.7 Å². The van der Waals surface area contributed by atoms with Crippen LogP contribution in [0.4, 0.5) is 0 Å². The summed E-state index contributed by atoms with van der Waals surface area (Å²) in [6, 6.07) is 21.8. The fraction of sp³-hybridized carbons (Fsp3) is 0.472. The molecular formula is C36H55ClN2. The first-order valence-electron chi connectivity index (χ1n) is 14.5. The summed E-state index contributed by atoms with van der Waals surface area (Å²) in [5.41, 5.74) is 3.68. The Morgan fingerprint density at radius 2 is 1.56 bits per heavy atom. The number of nitrogens with zero attached hydrogens (tertiary/aromatic N) is 2. The quantitative estimate of drug-likeness (QED) is 0.321. The standard InChI is InChI=1S/C8H8.C7H7Cl.C7H9N.C7H14.C6H13N.CH4/c1-2-8-6-4-3-5-7-8;1-6-3-2-4-7(8)5-6;1-2-7-4-3-5-8-6-7;2*1-2-7-5-3-4-6-7;/h2-7H,1H2;2-5H,1H3;3-6H,2H2,1H3;7H,2-6H2,1H3;2-6H2,1H3;1H4. The van der Waals surface area contributed by atoms with Gasteiger partial charge in [0, 0.05) is 17.4 Å². The molecule has 2 nitrogen and oxygen atoms in total. The molecule has 1 aliphatic heterocycles. The van der Waals surface area contributed by atoms with Gasteiger partial charge < -0.3 is 4.90 Å². The smallest absolute Gasteiger partial charge is 0.0408 e. The summed E-state index contributed by atoms with van der Waals surface area (Å²) >= 11 is 5.64. The minimum atomic E-state index is 0. The summed E-state index contributed by atoms with van der Waals surface area (Å²) < 4.78 is 0. The molecule has 0 amide bonds. The zero-order chi connectivity index (χ0) is 27.8. The number of aromatic nitrogens is 1. The Labute approximate surface area is 246 Å². The van der Waals surface area contributed by atoms with Crippen LogP contribution >= 0.6 is 11.6 Å². The Kier molecular flexibility index (Phi) is 23.1. The van der Waals surface area contributed by atoms with Gasteiger partial charge in [-0.25, -0.2) is 0 Å². The molecule has 2 aliphatic rings. The van der Waals surface area contributed by atoms with Gasteiger partial charge in [0.2, 0.25) is 0 Å². The number of halogens is 1. The summed E-state index contributed by atoms with van der Waals surface area (Å²) in [5.74, 6) is 1.10. The fourth-order valence-electron chi connectivity index (χ4n) is 4.32. The van der Waals surface area contributed by atoms with Crippen LogP contribution in [0.25, 0.3) is 6.08 Å². The molecule has 1 aliphatic carbocycles. The lowest BCUT2D eigenvalue weighted by molar-refractivity contribution is 0.359. The molecule has 39 heavy (non-hydrogen) atoms. The van der Waals surface area contributed by atoms with Gasteiger partial charge in [0.25, 0.3) is 0 Å². The first-order valence-corrected chi connectivity index (χ1v) is 14.9. The lowest BCUT2D eigenvalue weighted by Crippen LogP contribution is -2.17. The van der Waals surface area contributed by atoms with Crippen molar-refractivity contribution < 1.29 is 0 Å². The zero-order valence-corrected chi connectivity index (χ0v) is 25.2. The topological polar surface area (TPSA) is 16.1 Å². The van der Waals surface area contributed by atoms with Crippen molar-refractivity contribution in [3.05, 3.63) is 107 Å². The molecular weight excluding hydrogens is 496 g/mol. The van der Waals surface area contributed by atoms with E-state index >= 15 is 0 Å². The van der Waals surface area contributed by atoms with Crippen LogP contribution in [0, 0.1) is 12.8 Å². The van der Waals surface area contributed by atoms with E-state index in [1.807, 2.05) is 79.9 Å². The third-order valence-corrected chi connectivity index (χ3v) is 7.08. The molecule has 0 unspecified atom stereocenters. The molecule has 1 saturated heterocycles. The van der Waals surface area contributed by atoms with Crippen LogP contribution in [0.3, 0.4) is 0 Å².